The van der Waals surface area contributed by atoms with E-state index in [1.165, 1.54) is 14.7 Å². The Morgan fingerprint density at radius 3 is 1.32 bits per heavy atom. The highest BCUT2D eigenvalue weighted by molar-refractivity contribution is 7.97. The fourth-order valence-electron chi connectivity index (χ4n) is 3.13. The third-order valence-electron chi connectivity index (χ3n) is 4.52. The molecule has 5 aromatic rings. The molecule has 0 bridgehead atoms. The van der Waals surface area contributed by atoms with E-state index in [2.05, 4.69) is 54.6 Å². The number of thiophene rings is 2. The van der Waals surface area contributed by atoms with Gasteiger partial charge in [0.2, 0.25) is 0 Å². The van der Waals surface area contributed by atoms with Crippen LogP contribution in [0.1, 0.15) is 0 Å². The molecule has 2 heterocycles. The Balaban J connectivity index is 1.43. The van der Waals surface area contributed by atoms with Gasteiger partial charge in [0.1, 0.15) is 11.5 Å². The van der Waals surface area contributed by atoms with Gasteiger partial charge >= 0.3 is 0 Å². The minimum Gasteiger partial charge on any atom is -0.447 e. The minimum atomic E-state index is -0.214. The molecule has 0 radical (unpaired) electrons. The molecule has 152 valence electrons. The molecule has 2 nitrogen and oxygen atoms in total. The molecule has 0 aliphatic carbocycles. The van der Waals surface area contributed by atoms with Gasteiger partial charge in [-0.2, -0.15) is 0 Å². The zero-order valence-electron chi connectivity index (χ0n) is 16.5. The van der Waals surface area contributed by atoms with E-state index in [0.29, 0.717) is 0 Å². The molecule has 5 heteroatoms. The molecular weight excluding hydrogens is 440 g/mol. The summed E-state index contributed by atoms with van der Waals surface area (Å²) in [5.74, 6) is 1.70. The van der Waals surface area contributed by atoms with Crippen LogP contribution in [0, 0.1) is 0 Å². The van der Waals surface area contributed by atoms with Crippen molar-refractivity contribution in [2.24, 2.45) is 0 Å². The van der Waals surface area contributed by atoms with E-state index in [0.717, 1.165) is 21.6 Å². The van der Waals surface area contributed by atoms with Crippen molar-refractivity contribution in [3.05, 3.63) is 114 Å². The molecule has 0 fully saturated rings. The van der Waals surface area contributed by atoms with Crippen LogP contribution >= 0.6 is 22.7 Å². The summed E-state index contributed by atoms with van der Waals surface area (Å²) in [6, 6.07) is 35.4. The molecule has 2 aromatic heterocycles. The van der Waals surface area contributed by atoms with Crippen LogP contribution < -0.4 is 9.47 Å². The first-order valence-electron chi connectivity index (χ1n) is 9.77. The SMILES string of the molecule is c1ccc([S+](c2ccc(Oc3cccs3)cc2)c2ccc(Oc3cccs3)cc2)cc1. The van der Waals surface area contributed by atoms with E-state index in [9.17, 15) is 0 Å². The van der Waals surface area contributed by atoms with Crippen LogP contribution in [-0.4, -0.2) is 0 Å². The summed E-state index contributed by atoms with van der Waals surface area (Å²) in [6.07, 6.45) is 0. The van der Waals surface area contributed by atoms with Crippen LogP contribution in [0.4, 0.5) is 0 Å². The number of hydrogen-bond donors (Lipinski definition) is 0. The summed E-state index contributed by atoms with van der Waals surface area (Å²) in [7, 11) is -0.214. The molecular formula is C26H19O2S3+. The Hall–Kier alpha value is -2.99. The molecule has 31 heavy (non-hydrogen) atoms. The Morgan fingerprint density at radius 2 is 0.903 bits per heavy atom. The highest BCUT2D eigenvalue weighted by atomic mass is 32.2. The van der Waals surface area contributed by atoms with Gasteiger partial charge in [-0.05, 0) is 95.7 Å². The molecule has 0 N–H and O–H groups in total. The van der Waals surface area contributed by atoms with Crippen molar-refractivity contribution in [1.82, 2.24) is 0 Å². The minimum absolute atomic E-state index is 0.214. The van der Waals surface area contributed by atoms with Crippen LogP contribution in [-0.2, 0) is 10.9 Å². The number of rotatable bonds is 7. The highest BCUT2D eigenvalue weighted by Gasteiger charge is 2.28. The van der Waals surface area contributed by atoms with Gasteiger partial charge in [0.25, 0.3) is 0 Å². The fourth-order valence-corrected chi connectivity index (χ4v) is 6.38. The maximum atomic E-state index is 5.94. The first-order valence-corrected chi connectivity index (χ1v) is 12.8. The number of ether oxygens (including phenoxy) is 2. The molecule has 0 amide bonds. The van der Waals surface area contributed by atoms with Crippen LogP contribution in [0.15, 0.2) is 129 Å². The normalized spacial score (nSPS) is 10.9. The van der Waals surface area contributed by atoms with Gasteiger partial charge in [0, 0.05) is 0 Å². The standard InChI is InChI=1S/C26H19O2S3/c1-2-6-22(7-3-1)31(23-14-10-20(11-15-23)27-25-8-4-18-29-25)24-16-12-21(13-17-24)28-26-9-5-19-30-26/h1-19H/q+1. The van der Waals surface area contributed by atoms with E-state index in [-0.39, 0.29) is 10.9 Å². The molecule has 0 saturated carbocycles. The van der Waals surface area contributed by atoms with Crippen molar-refractivity contribution in [3.63, 3.8) is 0 Å². The fraction of sp³-hybridized carbons (Fsp3) is 0. The summed E-state index contributed by atoms with van der Waals surface area (Å²) in [4.78, 5) is 3.77. The summed E-state index contributed by atoms with van der Waals surface area (Å²) in [6.45, 7) is 0. The molecule has 0 aliphatic heterocycles. The molecule has 0 aliphatic rings. The Labute approximate surface area is 192 Å². The van der Waals surface area contributed by atoms with Crippen molar-refractivity contribution in [3.8, 4) is 21.6 Å². The van der Waals surface area contributed by atoms with Crippen molar-refractivity contribution >= 4 is 33.6 Å². The maximum Gasteiger partial charge on any atom is 0.180 e. The lowest BCUT2D eigenvalue weighted by Crippen LogP contribution is -2.04. The summed E-state index contributed by atoms with van der Waals surface area (Å²) < 4.78 is 11.9. The third-order valence-corrected chi connectivity index (χ3v) is 8.25. The second kappa shape index (κ2) is 9.43. The van der Waals surface area contributed by atoms with Crippen LogP contribution in [0.2, 0.25) is 0 Å². The first-order chi connectivity index (χ1) is 15.3. The quantitative estimate of drug-likeness (QED) is 0.227. The predicted octanol–water partition coefficient (Wildman–Crippen LogP) is 8.49. The summed E-state index contributed by atoms with van der Waals surface area (Å²) in [5, 5.41) is 5.83. The lowest BCUT2D eigenvalue weighted by atomic mass is 10.3. The van der Waals surface area contributed by atoms with E-state index in [1.807, 2.05) is 59.3 Å². The van der Waals surface area contributed by atoms with Gasteiger partial charge in [-0.15, -0.1) is 22.7 Å². The van der Waals surface area contributed by atoms with Gasteiger partial charge in [0.05, 0.1) is 10.9 Å². The summed E-state index contributed by atoms with van der Waals surface area (Å²) in [5.41, 5.74) is 0. The predicted molar refractivity (Wildman–Crippen MR) is 130 cm³/mol. The molecule has 3 aromatic carbocycles. The number of benzene rings is 3. The second-order valence-electron chi connectivity index (χ2n) is 6.63. The number of hydrogen-bond acceptors (Lipinski definition) is 4. The average molecular weight is 460 g/mol. The largest absolute Gasteiger partial charge is 0.447 e. The monoisotopic (exact) mass is 459 g/mol. The molecule has 0 saturated heterocycles. The third kappa shape index (κ3) is 4.85. The summed E-state index contributed by atoms with van der Waals surface area (Å²) >= 11 is 3.19. The van der Waals surface area contributed by atoms with Crippen molar-refractivity contribution < 1.29 is 9.47 Å². The smallest absolute Gasteiger partial charge is 0.180 e. The van der Waals surface area contributed by atoms with Crippen LogP contribution in [0.5, 0.6) is 21.6 Å². The lowest BCUT2D eigenvalue weighted by molar-refractivity contribution is 0.496. The highest BCUT2D eigenvalue weighted by Crippen LogP contribution is 2.35. The molecule has 0 unspecified atom stereocenters. The first kappa shape index (κ1) is 19.9. The van der Waals surface area contributed by atoms with Gasteiger partial charge in [-0.3, -0.25) is 0 Å². The van der Waals surface area contributed by atoms with Crippen molar-refractivity contribution in [2.75, 3.05) is 0 Å². The molecule has 0 spiro atoms. The van der Waals surface area contributed by atoms with Crippen molar-refractivity contribution in [1.29, 1.82) is 0 Å². The van der Waals surface area contributed by atoms with Gasteiger partial charge < -0.3 is 9.47 Å². The van der Waals surface area contributed by atoms with Gasteiger partial charge in [-0.25, -0.2) is 0 Å². The lowest BCUT2D eigenvalue weighted by Gasteiger charge is -2.10. The van der Waals surface area contributed by atoms with E-state index in [4.69, 9.17) is 9.47 Å². The van der Waals surface area contributed by atoms with E-state index < -0.39 is 0 Å². The van der Waals surface area contributed by atoms with E-state index in [1.54, 1.807) is 22.7 Å². The molecule has 5 rings (SSSR count). The van der Waals surface area contributed by atoms with Gasteiger partial charge in [-0.1, -0.05) is 18.2 Å². The topological polar surface area (TPSA) is 18.5 Å². The zero-order chi connectivity index (χ0) is 20.9. The zero-order valence-corrected chi connectivity index (χ0v) is 19.0. The average Bonchev–Trinajstić information content (AvgIpc) is 3.52. The Bertz CT molecular complexity index is 1120. The molecule has 0 atom stereocenters. The van der Waals surface area contributed by atoms with Gasteiger partial charge in [0.15, 0.2) is 24.8 Å². The second-order valence-corrected chi connectivity index (χ2v) is 10.5. The Kier molecular flexibility index (Phi) is 6.07. The van der Waals surface area contributed by atoms with Crippen LogP contribution in [0.3, 0.4) is 0 Å². The maximum absolute atomic E-state index is 5.94. The van der Waals surface area contributed by atoms with Crippen LogP contribution in [0.25, 0.3) is 0 Å². The Morgan fingerprint density at radius 1 is 0.452 bits per heavy atom. The van der Waals surface area contributed by atoms with Crippen molar-refractivity contribution in [2.45, 2.75) is 14.7 Å². The van der Waals surface area contributed by atoms with E-state index >= 15 is 0 Å².